The summed E-state index contributed by atoms with van der Waals surface area (Å²) in [5.41, 5.74) is 3.15. The first-order valence-electron chi connectivity index (χ1n) is 7.08. The van der Waals surface area contributed by atoms with Crippen molar-refractivity contribution < 1.29 is 0 Å². The van der Waals surface area contributed by atoms with Crippen molar-refractivity contribution in [3.63, 3.8) is 0 Å². The van der Waals surface area contributed by atoms with Crippen molar-refractivity contribution in [2.45, 2.75) is 40.2 Å². The van der Waals surface area contributed by atoms with Crippen LogP contribution in [0.3, 0.4) is 0 Å². The molecule has 1 nitrogen and oxygen atoms in total. The van der Waals surface area contributed by atoms with Crippen molar-refractivity contribution >= 4 is 10.8 Å². The van der Waals surface area contributed by atoms with Crippen LogP contribution in [0.4, 0.5) is 0 Å². The summed E-state index contributed by atoms with van der Waals surface area (Å²) in [5.74, 6) is 0. The predicted octanol–water partition coefficient (Wildman–Crippen LogP) is 4.84. The largest absolute Gasteiger partial charge is 0.313 e. The summed E-state index contributed by atoms with van der Waals surface area (Å²) in [7, 11) is 2.07. The minimum absolute atomic E-state index is 0.317. The summed E-state index contributed by atoms with van der Waals surface area (Å²) in [6.45, 7) is 9.13. The highest BCUT2D eigenvalue weighted by Gasteiger charge is 2.21. The fourth-order valence-electron chi connectivity index (χ4n) is 2.83. The summed E-state index contributed by atoms with van der Waals surface area (Å²) in [6.07, 6.45) is 1.14. The molecule has 0 saturated carbocycles. The zero-order valence-electron chi connectivity index (χ0n) is 12.7. The highest BCUT2D eigenvalue weighted by atomic mass is 14.9. The number of nitrogens with one attached hydrogen (secondary N) is 1. The third kappa shape index (κ3) is 3.16. The molecule has 0 radical (unpaired) electrons. The van der Waals surface area contributed by atoms with Gasteiger partial charge in [-0.3, -0.25) is 0 Å². The van der Waals surface area contributed by atoms with E-state index < -0.39 is 0 Å². The van der Waals surface area contributed by atoms with E-state index in [1.54, 1.807) is 0 Å². The van der Waals surface area contributed by atoms with Crippen LogP contribution in [0.15, 0.2) is 36.4 Å². The van der Waals surface area contributed by atoms with Crippen molar-refractivity contribution in [1.82, 2.24) is 5.32 Å². The van der Waals surface area contributed by atoms with Crippen molar-refractivity contribution in [1.29, 1.82) is 0 Å². The smallest absolute Gasteiger partial charge is 0.0331 e. The van der Waals surface area contributed by atoms with Crippen LogP contribution in [0.2, 0.25) is 0 Å². The number of hydrogen-bond acceptors (Lipinski definition) is 1. The molecule has 0 aromatic heterocycles. The van der Waals surface area contributed by atoms with Crippen LogP contribution in [0.5, 0.6) is 0 Å². The quantitative estimate of drug-likeness (QED) is 0.827. The number of aryl methyl sites for hydroxylation is 1. The first-order chi connectivity index (χ1) is 8.92. The molecule has 0 amide bonds. The number of rotatable bonds is 3. The van der Waals surface area contributed by atoms with Crippen molar-refractivity contribution in [3.05, 3.63) is 47.5 Å². The lowest BCUT2D eigenvalue weighted by Crippen LogP contribution is -2.23. The van der Waals surface area contributed by atoms with Crippen LogP contribution in [-0.4, -0.2) is 7.05 Å². The lowest BCUT2D eigenvalue weighted by atomic mass is 9.83. The third-order valence-electron chi connectivity index (χ3n) is 3.70. The maximum absolute atomic E-state index is 3.51. The molecule has 1 unspecified atom stereocenters. The first-order valence-corrected chi connectivity index (χ1v) is 7.08. The van der Waals surface area contributed by atoms with Crippen LogP contribution >= 0.6 is 0 Å². The van der Waals surface area contributed by atoms with Gasteiger partial charge in [0.15, 0.2) is 0 Å². The SMILES string of the molecule is CNC(CC(C)(C)C)c1c(C)ccc2ccccc12. The number of fused-ring (bicyclic) bond motifs is 1. The molecule has 2 aromatic carbocycles. The third-order valence-corrected chi connectivity index (χ3v) is 3.70. The Kier molecular flexibility index (Phi) is 3.96. The van der Waals surface area contributed by atoms with Crippen molar-refractivity contribution in [2.75, 3.05) is 7.05 Å². The number of hydrogen-bond donors (Lipinski definition) is 1. The lowest BCUT2D eigenvalue weighted by Gasteiger charge is -2.28. The Hall–Kier alpha value is -1.34. The summed E-state index contributed by atoms with van der Waals surface area (Å²) < 4.78 is 0. The molecule has 0 bridgehead atoms. The van der Waals surface area contributed by atoms with Gasteiger partial charge in [-0.15, -0.1) is 0 Å². The zero-order chi connectivity index (χ0) is 14.0. The molecule has 0 heterocycles. The van der Waals surface area contributed by atoms with E-state index >= 15 is 0 Å². The Morgan fingerprint density at radius 2 is 1.74 bits per heavy atom. The molecule has 0 saturated heterocycles. The van der Waals surface area contributed by atoms with Gasteiger partial charge in [0, 0.05) is 6.04 Å². The highest BCUT2D eigenvalue weighted by molar-refractivity contribution is 5.87. The van der Waals surface area contributed by atoms with E-state index in [9.17, 15) is 0 Å². The predicted molar refractivity (Wildman–Crippen MR) is 84.6 cm³/mol. The zero-order valence-corrected chi connectivity index (χ0v) is 12.7. The Morgan fingerprint density at radius 1 is 1.05 bits per heavy atom. The molecule has 1 heteroatoms. The lowest BCUT2D eigenvalue weighted by molar-refractivity contribution is 0.321. The fraction of sp³-hybridized carbons (Fsp3) is 0.444. The summed E-state index contributed by atoms with van der Waals surface area (Å²) in [5, 5.41) is 6.22. The van der Waals surface area contributed by atoms with E-state index in [0.29, 0.717) is 11.5 Å². The molecule has 2 rings (SSSR count). The van der Waals surface area contributed by atoms with Gasteiger partial charge in [-0.2, -0.15) is 0 Å². The van der Waals surface area contributed by atoms with E-state index in [2.05, 4.69) is 76.5 Å². The molecule has 102 valence electrons. The van der Waals surface area contributed by atoms with Crippen LogP contribution < -0.4 is 5.32 Å². The van der Waals surface area contributed by atoms with Crippen LogP contribution in [0.1, 0.15) is 44.4 Å². The standard InChI is InChI=1S/C18H25N/c1-13-10-11-14-8-6-7-9-15(14)17(13)16(19-5)12-18(2,3)4/h6-11,16,19H,12H2,1-5H3. The molecule has 2 aromatic rings. The molecule has 0 fully saturated rings. The average Bonchev–Trinajstić information content (AvgIpc) is 2.35. The molecule has 0 spiro atoms. The summed E-state index contributed by atoms with van der Waals surface area (Å²) in [6, 6.07) is 13.6. The first kappa shape index (κ1) is 14.1. The van der Waals surface area contributed by atoms with E-state index in [1.807, 2.05) is 0 Å². The summed E-state index contributed by atoms with van der Waals surface area (Å²) in [4.78, 5) is 0. The minimum atomic E-state index is 0.317. The van der Waals surface area contributed by atoms with Gasteiger partial charge in [0.25, 0.3) is 0 Å². The molecule has 0 aliphatic rings. The van der Waals surface area contributed by atoms with E-state index in [-0.39, 0.29) is 0 Å². The van der Waals surface area contributed by atoms with Crippen molar-refractivity contribution in [3.8, 4) is 0 Å². The van der Waals surface area contributed by atoms with Gasteiger partial charge in [-0.1, -0.05) is 57.2 Å². The van der Waals surface area contributed by atoms with Gasteiger partial charge >= 0.3 is 0 Å². The molecular weight excluding hydrogens is 230 g/mol. The Labute approximate surface area is 117 Å². The molecule has 19 heavy (non-hydrogen) atoms. The van der Waals surface area contributed by atoms with Crippen LogP contribution in [-0.2, 0) is 0 Å². The van der Waals surface area contributed by atoms with Gasteiger partial charge in [-0.25, -0.2) is 0 Å². The molecule has 1 atom stereocenters. The maximum atomic E-state index is 3.51. The van der Waals surface area contributed by atoms with Crippen molar-refractivity contribution in [2.24, 2.45) is 5.41 Å². The summed E-state index contributed by atoms with van der Waals surface area (Å²) >= 11 is 0. The highest BCUT2D eigenvalue weighted by Crippen LogP contribution is 2.34. The Morgan fingerprint density at radius 3 is 2.37 bits per heavy atom. The molecule has 0 aliphatic heterocycles. The maximum Gasteiger partial charge on any atom is 0.0331 e. The Balaban J connectivity index is 2.55. The fourth-order valence-corrected chi connectivity index (χ4v) is 2.83. The molecular formula is C18H25N. The Bertz CT molecular complexity index is 563. The monoisotopic (exact) mass is 255 g/mol. The van der Waals surface area contributed by atoms with E-state index in [4.69, 9.17) is 0 Å². The van der Waals surface area contributed by atoms with Crippen LogP contribution in [0.25, 0.3) is 10.8 Å². The van der Waals surface area contributed by atoms with Gasteiger partial charge in [0.1, 0.15) is 0 Å². The van der Waals surface area contributed by atoms with Gasteiger partial charge < -0.3 is 5.32 Å². The van der Waals surface area contributed by atoms with Gasteiger partial charge in [0.05, 0.1) is 0 Å². The molecule has 0 aliphatic carbocycles. The normalized spacial score (nSPS) is 13.7. The average molecular weight is 255 g/mol. The molecule has 1 N–H and O–H groups in total. The van der Waals surface area contributed by atoms with E-state index in [0.717, 1.165) is 6.42 Å². The van der Waals surface area contributed by atoms with Gasteiger partial charge in [0.2, 0.25) is 0 Å². The second-order valence-electron chi connectivity index (χ2n) is 6.62. The van der Waals surface area contributed by atoms with E-state index in [1.165, 1.54) is 21.9 Å². The second-order valence-corrected chi connectivity index (χ2v) is 6.62. The minimum Gasteiger partial charge on any atom is -0.313 e. The topological polar surface area (TPSA) is 12.0 Å². The van der Waals surface area contributed by atoms with Gasteiger partial charge in [-0.05, 0) is 47.7 Å². The van der Waals surface area contributed by atoms with Crippen LogP contribution in [0, 0.1) is 12.3 Å². The second kappa shape index (κ2) is 5.34. The number of benzene rings is 2.